The number of carbonyl (C=O) groups is 1. The van der Waals surface area contributed by atoms with Crippen molar-refractivity contribution >= 4 is 33.7 Å². The van der Waals surface area contributed by atoms with Crippen molar-refractivity contribution in [3.63, 3.8) is 0 Å². The zero-order valence-electron chi connectivity index (χ0n) is 10.5. The van der Waals surface area contributed by atoms with Crippen LogP contribution in [0.2, 0.25) is 0 Å². The van der Waals surface area contributed by atoms with Gasteiger partial charge in [0.15, 0.2) is 0 Å². The van der Waals surface area contributed by atoms with Gasteiger partial charge < -0.3 is 5.11 Å². The van der Waals surface area contributed by atoms with Crippen LogP contribution in [0.1, 0.15) is 28.0 Å². The molecule has 0 aliphatic heterocycles. The van der Waals surface area contributed by atoms with E-state index in [0.29, 0.717) is 5.03 Å². The Kier molecular flexibility index (Phi) is 3.76. The molecule has 1 aliphatic rings. The number of aromatic carboxylic acids is 1. The largest absolute Gasteiger partial charge is 0.478 e. The average Bonchev–Trinajstić information content (AvgIpc) is 2.87. The van der Waals surface area contributed by atoms with Crippen LogP contribution >= 0.6 is 27.7 Å². The van der Waals surface area contributed by atoms with Gasteiger partial charge in [0.2, 0.25) is 0 Å². The van der Waals surface area contributed by atoms with Crippen molar-refractivity contribution in [3.05, 3.63) is 45.7 Å². The number of pyridine rings is 2. The molecule has 1 aliphatic carbocycles. The maximum absolute atomic E-state index is 11.4. The third kappa shape index (κ3) is 2.58. The molecule has 0 saturated heterocycles. The molecule has 102 valence electrons. The number of fused-ring (bicyclic) bond motifs is 1. The summed E-state index contributed by atoms with van der Waals surface area (Å²) in [6, 6.07) is 5.46. The van der Waals surface area contributed by atoms with Gasteiger partial charge >= 0.3 is 5.97 Å². The van der Waals surface area contributed by atoms with Crippen LogP contribution in [-0.2, 0) is 12.8 Å². The average molecular weight is 351 g/mol. The number of carboxylic acid groups (broad SMARTS) is 1. The SMILES string of the molecule is O=C(O)c1cc2c(nc1Sc1ncccc1Br)CCC2. The van der Waals surface area contributed by atoms with Crippen LogP contribution in [0.4, 0.5) is 0 Å². The van der Waals surface area contributed by atoms with E-state index in [9.17, 15) is 9.90 Å². The first kappa shape index (κ1) is 13.6. The molecule has 1 N–H and O–H groups in total. The smallest absolute Gasteiger partial charge is 0.338 e. The number of carboxylic acids is 1. The van der Waals surface area contributed by atoms with Crippen molar-refractivity contribution in [2.45, 2.75) is 29.3 Å². The Morgan fingerprint density at radius 2 is 2.20 bits per heavy atom. The summed E-state index contributed by atoms with van der Waals surface area (Å²) in [6.07, 6.45) is 4.57. The van der Waals surface area contributed by atoms with Gasteiger partial charge in [0.25, 0.3) is 0 Å². The van der Waals surface area contributed by atoms with Crippen molar-refractivity contribution < 1.29 is 9.90 Å². The summed E-state index contributed by atoms with van der Waals surface area (Å²) in [4.78, 5) is 20.2. The van der Waals surface area contributed by atoms with Crippen LogP contribution in [0.3, 0.4) is 0 Å². The van der Waals surface area contributed by atoms with E-state index in [0.717, 1.165) is 40.0 Å². The number of rotatable bonds is 3. The lowest BCUT2D eigenvalue weighted by Crippen LogP contribution is -2.04. The van der Waals surface area contributed by atoms with Crippen molar-refractivity contribution in [2.24, 2.45) is 0 Å². The molecule has 0 unspecified atom stereocenters. The standard InChI is InChI=1S/C14H11BrN2O2S/c15-10-4-2-6-16-13(10)20-12-9(14(18)19)7-8-3-1-5-11(8)17-12/h2,4,6-7H,1,3,5H2,(H,18,19). The molecule has 0 amide bonds. The molecule has 0 radical (unpaired) electrons. The molecule has 6 heteroatoms. The van der Waals surface area contributed by atoms with Crippen LogP contribution in [0.5, 0.6) is 0 Å². The number of hydrogen-bond donors (Lipinski definition) is 1. The van der Waals surface area contributed by atoms with E-state index in [4.69, 9.17) is 0 Å². The highest BCUT2D eigenvalue weighted by molar-refractivity contribution is 9.10. The van der Waals surface area contributed by atoms with E-state index in [1.165, 1.54) is 11.8 Å². The van der Waals surface area contributed by atoms with Crippen molar-refractivity contribution in [3.8, 4) is 0 Å². The highest BCUT2D eigenvalue weighted by atomic mass is 79.9. The summed E-state index contributed by atoms with van der Waals surface area (Å²) in [7, 11) is 0. The number of hydrogen-bond acceptors (Lipinski definition) is 4. The molecule has 4 nitrogen and oxygen atoms in total. The van der Waals surface area contributed by atoms with E-state index in [1.54, 1.807) is 12.3 Å². The Hall–Kier alpha value is -1.40. The minimum atomic E-state index is -0.943. The van der Waals surface area contributed by atoms with E-state index >= 15 is 0 Å². The summed E-state index contributed by atoms with van der Waals surface area (Å²) < 4.78 is 0.837. The maximum atomic E-state index is 11.4. The zero-order valence-corrected chi connectivity index (χ0v) is 12.9. The summed E-state index contributed by atoms with van der Waals surface area (Å²) in [6.45, 7) is 0. The minimum absolute atomic E-state index is 0.258. The Balaban J connectivity index is 2.04. The number of nitrogens with zero attached hydrogens (tertiary/aromatic N) is 2. The molecule has 3 rings (SSSR count). The van der Waals surface area contributed by atoms with Crippen LogP contribution in [0.15, 0.2) is 38.9 Å². The lowest BCUT2D eigenvalue weighted by molar-refractivity contribution is 0.0692. The van der Waals surface area contributed by atoms with Crippen LogP contribution in [0.25, 0.3) is 0 Å². The molecule has 2 aromatic rings. The minimum Gasteiger partial charge on any atom is -0.478 e. The van der Waals surface area contributed by atoms with Gasteiger partial charge in [0.05, 0.1) is 10.0 Å². The first-order chi connectivity index (χ1) is 9.65. The van der Waals surface area contributed by atoms with Gasteiger partial charge in [-0.2, -0.15) is 0 Å². The van der Waals surface area contributed by atoms with E-state index in [-0.39, 0.29) is 5.56 Å². The van der Waals surface area contributed by atoms with Gasteiger partial charge in [-0.3, -0.25) is 0 Å². The van der Waals surface area contributed by atoms with Gasteiger partial charge in [-0.15, -0.1) is 0 Å². The summed E-state index contributed by atoms with van der Waals surface area (Å²) in [5, 5.41) is 10.6. The van der Waals surface area contributed by atoms with Crippen molar-refractivity contribution in [2.75, 3.05) is 0 Å². The molecule has 0 bridgehead atoms. The summed E-state index contributed by atoms with van der Waals surface area (Å²) in [5.74, 6) is -0.943. The van der Waals surface area contributed by atoms with Gasteiger partial charge in [-0.25, -0.2) is 14.8 Å². The lowest BCUT2D eigenvalue weighted by Gasteiger charge is -2.08. The molecule has 0 saturated carbocycles. The first-order valence-corrected chi connectivity index (χ1v) is 7.80. The second-order valence-electron chi connectivity index (χ2n) is 4.50. The Morgan fingerprint density at radius 1 is 1.35 bits per heavy atom. The molecular formula is C14H11BrN2O2S. The fraction of sp³-hybridized carbons (Fsp3) is 0.214. The number of halogens is 1. The first-order valence-electron chi connectivity index (χ1n) is 6.19. The highest BCUT2D eigenvalue weighted by Crippen LogP contribution is 2.34. The van der Waals surface area contributed by atoms with Gasteiger partial charge in [-0.1, -0.05) is 0 Å². The Bertz CT molecular complexity index is 691. The third-order valence-electron chi connectivity index (χ3n) is 3.16. The van der Waals surface area contributed by atoms with Crippen LogP contribution < -0.4 is 0 Å². The van der Waals surface area contributed by atoms with Crippen molar-refractivity contribution in [1.29, 1.82) is 0 Å². The molecule has 0 spiro atoms. The molecule has 2 aromatic heterocycles. The maximum Gasteiger partial charge on any atom is 0.338 e. The van der Waals surface area contributed by atoms with E-state index < -0.39 is 5.97 Å². The number of aromatic nitrogens is 2. The molecule has 2 heterocycles. The summed E-state index contributed by atoms with van der Waals surface area (Å²) >= 11 is 4.70. The van der Waals surface area contributed by atoms with E-state index in [1.807, 2.05) is 12.1 Å². The normalized spacial score (nSPS) is 13.2. The molecule has 0 fully saturated rings. The van der Waals surface area contributed by atoms with Crippen molar-refractivity contribution in [1.82, 2.24) is 9.97 Å². The highest BCUT2D eigenvalue weighted by Gasteiger charge is 2.21. The zero-order chi connectivity index (χ0) is 14.1. The fourth-order valence-electron chi connectivity index (χ4n) is 2.22. The third-order valence-corrected chi connectivity index (χ3v) is 5.09. The topological polar surface area (TPSA) is 63.1 Å². The number of aryl methyl sites for hydroxylation is 2. The van der Waals surface area contributed by atoms with Crippen LogP contribution in [-0.4, -0.2) is 21.0 Å². The predicted molar refractivity (Wildman–Crippen MR) is 79.3 cm³/mol. The molecular weight excluding hydrogens is 340 g/mol. The lowest BCUT2D eigenvalue weighted by atomic mass is 10.1. The monoisotopic (exact) mass is 350 g/mol. The second-order valence-corrected chi connectivity index (χ2v) is 6.33. The fourth-order valence-corrected chi connectivity index (χ4v) is 3.59. The molecule has 0 aromatic carbocycles. The predicted octanol–water partition coefficient (Wildman–Crippen LogP) is 3.58. The van der Waals surface area contributed by atoms with E-state index in [2.05, 4.69) is 25.9 Å². The van der Waals surface area contributed by atoms with Crippen LogP contribution in [0, 0.1) is 0 Å². The Labute approximate surface area is 128 Å². The molecule has 20 heavy (non-hydrogen) atoms. The van der Waals surface area contributed by atoms with Gasteiger partial charge in [0.1, 0.15) is 10.1 Å². The van der Waals surface area contributed by atoms with Gasteiger partial charge in [-0.05, 0) is 70.7 Å². The summed E-state index contributed by atoms with van der Waals surface area (Å²) in [5.41, 5.74) is 2.34. The molecule has 0 atom stereocenters. The second kappa shape index (κ2) is 5.54. The Morgan fingerprint density at radius 3 is 2.95 bits per heavy atom. The van der Waals surface area contributed by atoms with Gasteiger partial charge in [0, 0.05) is 11.9 Å². The quantitative estimate of drug-likeness (QED) is 0.916.